The van der Waals surface area contributed by atoms with Crippen LogP contribution in [0.3, 0.4) is 0 Å². The summed E-state index contributed by atoms with van der Waals surface area (Å²) in [5, 5.41) is 18.3. The summed E-state index contributed by atoms with van der Waals surface area (Å²) < 4.78 is 0. The van der Waals surface area contributed by atoms with Crippen molar-refractivity contribution in [2.75, 3.05) is 19.6 Å². The third kappa shape index (κ3) is 13.0. The van der Waals surface area contributed by atoms with Crippen LogP contribution in [0.5, 0.6) is 0 Å². The lowest BCUT2D eigenvalue weighted by Gasteiger charge is -2.17. The minimum Gasteiger partial charge on any atom is -0.481 e. The van der Waals surface area contributed by atoms with E-state index in [9.17, 15) is 28.8 Å². The van der Waals surface area contributed by atoms with Gasteiger partial charge in [-0.15, -0.1) is 0 Å². The van der Waals surface area contributed by atoms with Crippen molar-refractivity contribution in [2.24, 2.45) is 11.5 Å². The van der Waals surface area contributed by atoms with Gasteiger partial charge in [0.25, 0.3) is 0 Å². The summed E-state index contributed by atoms with van der Waals surface area (Å²) in [4.78, 5) is 71.2. The maximum absolute atomic E-state index is 12.3. The fourth-order valence-electron chi connectivity index (χ4n) is 3.11. The monoisotopic (exact) mass is 506 g/mol. The first-order valence-electron chi connectivity index (χ1n) is 11.5. The molecule has 0 bridgehead atoms. The van der Waals surface area contributed by atoms with Gasteiger partial charge in [0.05, 0.1) is 19.5 Å². The fraction of sp³-hybridized carbons (Fsp3) is 0.478. The van der Waals surface area contributed by atoms with Gasteiger partial charge in [-0.3, -0.25) is 28.8 Å². The Morgan fingerprint density at radius 1 is 0.806 bits per heavy atom. The Kier molecular flexibility index (Phi) is 13.8. The van der Waals surface area contributed by atoms with E-state index in [0.717, 1.165) is 18.4 Å². The number of aliphatic carboxylic acids is 1. The Labute approximate surface area is 208 Å². The molecule has 2 atom stereocenters. The molecule has 36 heavy (non-hydrogen) atoms. The van der Waals surface area contributed by atoms with E-state index in [1.165, 1.54) is 0 Å². The maximum Gasteiger partial charge on any atom is 0.305 e. The van der Waals surface area contributed by atoms with Gasteiger partial charge in [0, 0.05) is 12.8 Å². The Bertz CT molecular complexity index is 909. The number of carboxylic acids is 1. The number of benzene rings is 1. The van der Waals surface area contributed by atoms with Crippen molar-refractivity contribution in [3.05, 3.63) is 35.9 Å². The van der Waals surface area contributed by atoms with E-state index in [4.69, 9.17) is 16.6 Å². The zero-order valence-corrected chi connectivity index (χ0v) is 20.0. The summed E-state index contributed by atoms with van der Waals surface area (Å²) in [6.45, 7) is -0.544. The average Bonchev–Trinajstić information content (AvgIpc) is 2.83. The molecule has 1 rings (SSSR count). The normalized spacial score (nSPS) is 12.0. The Morgan fingerprint density at radius 2 is 1.44 bits per heavy atom. The second kappa shape index (κ2) is 16.6. The van der Waals surface area contributed by atoms with Crippen LogP contribution in [0.1, 0.15) is 37.7 Å². The van der Waals surface area contributed by atoms with Crippen LogP contribution in [0, 0.1) is 0 Å². The maximum atomic E-state index is 12.3. The number of carbonyl (C=O) groups excluding carboxylic acids is 5. The van der Waals surface area contributed by atoms with Crippen molar-refractivity contribution < 1.29 is 33.9 Å². The summed E-state index contributed by atoms with van der Waals surface area (Å²) >= 11 is 0. The number of rotatable bonds is 17. The molecule has 13 heteroatoms. The average molecular weight is 507 g/mol. The molecule has 0 aliphatic carbocycles. The molecule has 1 aromatic carbocycles. The predicted octanol–water partition coefficient (Wildman–Crippen LogP) is -2.09. The van der Waals surface area contributed by atoms with E-state index in [1.54, 1.807) is 30.3 Å². The minimum atomic E-state index is -1.37. The van der Waals surface area contributed by atoms with E-state index in [2.05, 4.69) is 21.3 Å². The van der Waals surface area contributed by atoms with Crippen molar-refractivity contribution in [1.82, 2.24) is 21.3 Å². The van der Waals surface area contributed by atoms with Crippen molar-refractivity contribution in [3.8, 4) is 0 Å². The molecule has 198 valence electrons. The van der Waals surface area contributed by atoms with Gasteiger partial charge < -0.3 is 37.8 Å². The van der Waals surface area contributed by atoms with Crippen molar-refractivity contribution in [3.63, 3.8) is 0 Å². The molecule has 5 amide bonds. The van der Waals surface area contributed by atoms with Crippen LogP contribution in [0.4, 0.5) is 0 Å². The highest BCUT2D eigenvalue weighted by atomic mass is 16.4. The highest BCUT2D eigenvalue weighted by molar-refractivity contribution is 5.94. The fourth-order valence-corrected chi connectivity index (χ4v) is 3.11. The van der Waals surface area contributed by atoms with Gasteiger partial charge in [0.15, 0.2) is 0 Å². The second-order valence-electron chi connectivity index (χ2n) is 8.02. The lowest BCUT2D eigenvalue weighted by molar-refractivity contribution is -0.140. The van der Waals surface area contributed by atoms with Gasteiger partial charge in [-0.2, -0.15) is 0 Å². The number of amides is 5. The van der Waals surface area contributed by atoms with Gasteiger partial charge in [0.2, 0.25) is 29.5 Å². The van der Waals surface area contributed by atoms with Gasteiger partial charge in [0.1, 0.15) is 12.1 Å². The Morgan fingerprint density at radius 3 is 2.06 bits per heavy atom. The molecule has 0 spiro atoms. The predicted molar refractivity (Wildman–Crippen MR) is 129 cm³/mol. The molecule has 0 heterocycles. The molecule has 0 radical (unpaired) electrons. The van der Waals surface area contributed by atoms with Gasteiger partial charge in [-0.1, -0.05) is 36.8 Å². The molecule has 9 N–H and O–H groups in total. The quantitative estimate of drug-likeness (QED) is 0.116. The second-order valence-corrected chi connectivity index (χ2v) is 8.02. The van der Waals surface area contributed by atoms with Gasteiger partial charge >= 0.3 is 5.97 Å². The number of nitrogens with two attached hydrogens (primary N) is 2. The largest absolute Gasteiger partial charge is 0.481 e. The van der Waals surface area contributed by atoms with Crippen molar-refractivity contribution >= 4 is 35.5 Å². The minimum absolute atomic E-state index is 0.107. The molecular formula is C23H34N6O7. The van der Waals surface area contributed by atoms with Crippen LogP contribution in [0.15, 0.2) is 30.3 Å². The van der Waals surface area contributed by atoms with Gasteiger partial charge in [-0.25, -0.2) is 0 Å². The smallest absolute Gasteiger partial charge is 0.305 e. The Balaban J connectivity index is 2.47. The molecular weight excluding hydrogens is 472 g/mol. The van der Waals surface area contributed by atoms with Gasteiger partial charge in [-0.05, 0) is 24.9 Å². The third-order valence-electron chi connectivity index (χ3n) is 4.97. The molecule has 1 unspecified atom stereocenters. The first-order valence-corrected chi connectivity index (χ1v) is 11.5. The summed E-state index contributed by atoms with van der Waals surface area (Å²) in [7, 11) is 0. The van der Waals surface area contributed by atoms with E-state index in [0.29, 0.717) is 13.0 Å². The van der Waals surface area contributed by atoms with E-state index < -0.39 is 67.1 Å². The topological polar surface area (TPSA) is 223 Å². The van der Waals surface area contributed by atoms with Crippen LogP contribution in [-0.4, -0.2) is 72.3 Å². The summed E-state index contributed by atoms with van der Waals surface area (Å²) in [5.41, 5.74) is 11.5. The number of carbonyl (C=O) groups is 6. The van der Waals surface area contributed by atoms with Crippen LogP contribution >= 0.6 is 0 Å². The number of carboxylic acid groups (broad SMARTS) is 1. The highest BCUT2D eigenvalue weighted by Gasteiger charge is 2.24. The standard InChI is InChI=1S/C23H34N6O7/c24-10-6-2-5-9-18(30)29-17(12-21(33)34)23(36)27-13-19(31)26-14-20(32)28-16(22(25)35)11-15-7-3-1-4-8-15/h1,3-4,7-8,16-17H,2,5-6,9-14,24H2,(H2,25,35)(H,26,31)(H,27,36)(H,28,32)(H,29,30)(H,33,34)/t16?,17-/m0/s1. The Hall–Kier alpha value is -4.00. The number of nitrogens with one attached hydrogen (secondary N) is 4. The molecule has 0 aliphatic heterocycles. The summed E-state index contributed by atoms with van der Waals surface area (Å²) in [6.07, 6.45) is 1.62. The zero-order valence-electron chi connectivity index (χ0n) is 20.0. The van der Waals surface area contributed by atoms with Crippen LogP contribution in [0.2, 0.25) is 0 Å². The number of hydrogen-bond donors (Lipinski definition) is 7. The lowest BCUT2D eigenvalue weighted by Crippen LogP contribution is -2.51. The first kappa shape index (κ1) is 30.0. The molecule has 0 saturated carbocycles. The van der Waals surface area contributed by atoms with E-state index >= 15 is 0 Å². The van der Waals surface area contributed by atoms with E-state index in [-0.39, 0.29) is 12.8 Å². The lowest BCUT2D eigenvalue weighted by atomic mass is 10.1. The molecule has 0 fully saturated rings. The highest BCUT2D eigenvalue weighted by Crippen LogP contribution is 2.03. The van der Waals surface area contributed by atoms with Crippen LogP contribution < -0.4 is 32.7 Å². The molecule has 1 aromatic rings. The zero-order chi connectivity index (χ0) is 26.9. The first-order chi connectivity index (χ1) is 17.1. The molecule has 13 nitrogen and oxygen atoms in total. The SMILES string of the molecule is NCCCCCC(=O)N[C@@H](CC(=O)O)C(=O)NCC(=O)NCC(=O)NC(Cc1ccccc1)C(N)=O. The number of primary amides is 1. The summed E-state index contributed by atoms with van der Waals surface area (Å²) in [5.74, 6) is -4.80. The van der Waals surface area contributed by atoms with Crippen LogP contribution in [-0.2, 0) is 35.2 Å². The number of unbranched alkanes of at least 4 members (excludes halogenated alkanes) is 2. The molecule has 0 aliphatic rings. The third-order valence-corrected chi connectivity index (χ3v) is 4.97. The van der Waals surface area contributed by atoms with Crippen molar-refractivity contribution in [1.29, 1.82) is 0 Å². The molecule has 0 saturated heterocycles. The van der Waals surface area contributed by atoms with Crippen molar-refractivity contribution in [2.45, 2.75) is 50.6 Å². The van der Waals surface area contributed by atoms with E-state index in [1.807, 2.05) is 0 Å². The summed E-state index contributed by atoms with van der Waals surface area (Å²) in [6, 6.07) is 6.56. The number of hydrogen-bond acceptors (Lipinski definition) is 7. The van der Waals surface area contributed by atoms with Crippen LogP contribution in [0.25, 0.3) is 0 Å². The molecule has 0 aromatic heterocycles.